The Morgan fingerprint density at radius 3 is 2.75 bits per heavy atom. The molecular weight excluding hydrogens is 245 g/mol. The van der Waals surface area contributed by atoms with Crippen LogP contribution in [0.3, 0.4) is 0 Å². The fraction of sp³-hybridized carbons (Fsp3) is 0.625. The topological polar surface area (TPSA) is 86.7 Å². The molecule has 8 heteroatoms. The quantitative estimate of drug-likeness (QED) is 0.264. The minimum Gasteiger partial charge on any atom is -0.544 e. The summed E-state index contributed by atoms with van der Waals surface area (Å²) in [6.45, 7) is 0. The van der Waals surface area contributed by atoms with Gasteiger partial charge in [0, 0.05) is 0 Å². The number of thioether (sulfide) groups is 1. The number of hydrogen-bond acceptors (Lipinski definition) is 6. The van der Waals surface area contributed by atoms with Crippen LogP contribution >= 0.6 is 11.8 Å². The van der Waals surface area contributed by atoms with Gasteiger partial charge in [0.15, 0.2) is 0 Å². The number of carbonyl (C=O) groups is 3. The fourth-order valence-electron chi connectivity index (χ4n) is 2.27. The van der Waals surface area contributed by atoms with Gasteiger partial charge in [-0.3, -0.25) is 14.5 Å². The molecule has 0 aromatic carbocycles. The van der Waals surface area contributed by atoms with Crippen molar-refractivity contribution in [2.24, 2.45) is 0 Å². The van der Waals surface area contributed by atoms with Crippen LogP contribution in [0.15, 0.2) is 0 Å². The van der Waals surface area contributed by atoms with Gasteiger partial charge in [0.05, 0.1) is 23.5 Å². The predicted octanol–water partition coefficient (Wildman–Crippen LogP) is -4.94. The van der Waals surface area contributed by atoms with Gasteiger partial charge in [0.25, 0.3) is 0 Å². The second kappa shape index (κ2) is 3.63. The zero-order chi connectivity index (χ0) is 10.8. The van der Waals surface area contributed by atoms with E-state index in [9.17, 15) is 19.5 Å². The van der Waals surface area contributed by atoms with Crippen molar-refractivity contribution < 1.29 is 53.8 Å². The normalized spacial score (nSPS) is 39.4. The van der Waals surface area contributed by atoms with Gasteiger partial charge >= 0.3 is 35.5 Å². The van der Waals surface area contributed by atoms with Crippen molar-refractivity contribution >= 4 is 29.6 Å². The SMILES string of the molecule is O=C1CC2SC3CC(=O)N3C2(C(=O)[O-])O1.[Na+]. The molecule has 3 saturated heterocycles. The molecule has 1 amide bonds. The number of rotatable bonds is 1. The summed E-state index contributed by atoms with van der Waals surface area (Å²) in [7, 11) is 0. The smallest absolute Gasteiger partial charge is 0.544 e. The van der Waals surface area contributed by atoms with E-state index in [0.717, 1.165) is 4.90 Å². The maximum atomic E-state index is 11.3. The van der Waals surface area contributed by atoms with E-state index in [2.05, 4.69) is 0 Å². The Morgan fingerprint density at radius 1 is 1.50 bits per heavy atom. The molecule has 3 rings (SSSR count). The number of fused-ring (bicyclic) bond motifs is 3. The van der Waals surface area contributed by atoms with Gasteiger partial charge in [-0.05, 0) is 0 Å². The Hall–Kier alpha value is -0.240. The molecule has 0 aromatic rings. The van der Waals surface area contributed by atoms with Gasteiger partial charge in [-0.1, -0.05) is 0 Å². The zero-order valence-corrected chi connectivity index (χ0v) is 11.3. The Bertz CT molecular complexity index is 402. The van der Waals surface area contributed by atoms with Crippen LogP contribution in [0.2, 0.25) is 0 Å². The van der Waals surface area contributed by atoms with Gasteiger partial charge in [0.1, 0.15) is 5.97 Å². The van der Waals surface area contributed by atoms with Crippen molar-refractivity contribution in [2.45, 2.75) is 29.2 Å². The molecule has 80 valence electrons. The summed E-state index contributed by atoms with van der Waals surface area (Å²) in [5.41, 5.74) is -1.83. The van der Waals surface area contributed by atoms with Crippen molar-refractivity contribution in [3.8, 4) is 0 Å². The first kappa shape index (κ1) is 12.2. The van der Waals surface area contributed by atoms with Crippen LogP contribution in [0.4, 0.5) is 0 Å². The number of esters is 1. The van der Waals surface area contributed by atoms with Gasteiger partial charge < -0.3 is 14.6 Å². The second-order valence-corrected chi connectivity index (χ2v) is 5.09. The predicted molar refractivity (Wildman–Crippen MR) is 45.1 cm³/mol. The maximum absolute atomic E-state index is 11.3. The first-order valence-electron chi connectivity index (χ1n) is 4.46. The summed E-state index contributed by atoms with van der Waals surface area (Å²) < 4.78 is 4.82. The molecule has 0 N–H and O–H groups in total. The van der Waals surface area contributed by atoms with Crippen LogP contribution < -0.4 is 34.7 Å². The number of carboxylic acids is 1. The zero-order valence-electron chi connectivity index (χ0n) is 8.47. The number of carboxylic acid groups (broad SMARTS) is 1. The maximum Gasteiger partial charge on any atom is 1.00 e. The minimum absolute atomic E-state index is 0. The first-order chi connectivity index (χ1) is 7.05. The summed E-state index contributed by atoms with van der Waals surface area (Å²) in [5, 5.41) is 10.4. The number of amides is 1. The molecule has 0 spiro atoms. The average Bonchev–Trinajstić information content (AvgIpc) is 2.52. The third kappa shape index (κ3) is 1.23. The summed E-state index contributed by atoms with van der Waals surface area (Å²) in [6, 6.07) is 0. The molecule has 3 heterocycles. The first-order valence-corrected chi connectivity index (χ1v) is 5.41. The van der Waals surface area contributed by atoms with Crippen molar-refractivity contribution in [2.75, 3.05) is 0 Å². The molecule has 0 bridgehead atoms. The standard InChI is InChI=1S/C8H7NO5S.Na/c10-4-2-5-9(4)8(7(12)13)3(15-5)1-6(11)14-8;/h3,5H,1-2H2,(H,12,13);/q;+1/p-1. The number of β-lactam (4-membered cyclic amide) rings is 1. The number of hydrogen-bond donors (Lipinski definition) is 0. The molecule has 0 saturated carbocycles. The van der Waals surface area contributed by atoms with Crippen LogP contribution in [0.5, 0.6) is 0 Å². The molecule has 16 heavy (non-hydrogen) atoms. The van der Waals surface area contributed by atoms with Crippen LogP contribution in [0.25, 0.3) is 0 Å². The number of aliphatic carboxylic acids is 1. The van der Waals surface area contributed by atoms with Crippen LogP contribution in [0.1, 0.15) is 12.8 Å². The van der Waals surface area contributed by atoms with Crippen molar-refractivity contribution in [3.05, 3.63) is 0 Å². The van der Waals surface area contributed by atoms with E-state index < -0.39 is 22.9 Å². The van der Waals surface area contributed by atoms with Crippen LogP contribution in [-0.4, -0.2) is 39.1 Å². The summed E-state index contributed by atoms with van der Waals surface area (Å²) in [5.74, 6) is -2.38. The monoisotopic (exact) mass is 251 g/mol. The van der Waals surface area contributed by atoms with Crippen molar-refractivity contribution in [1.82, 2.24) is 4.90 Å². The van der Waals surface area contributed by atoms with Gasteiger partial charge in [-0.15, -0.1) is 11.8 Å². The molecule has 0 radical (unpaired) electrons. The van der Waals surface area contributed by atoms with E-state index in [0.29, 0.717) is 6.42 Å². The summed E-state index contributed by atoms with van der Waals surface area (Å²) in [6.07, 6.45) is 0.340. The van der Waals surface area contributed by atoms with E-state index in [1.807, 2.05) is 0 Å². The van der Waals surface area contributed by atoms with Gasteiger partial charge in [0.2, 0.25) is 11.6 Å². The van der Waals surface area contributed by atoms with Crippen molar-refractivity contribution in [1.29, 1.82) is 0 Å². The molecule has 3 fully saturated rings. The molecule has 6 nitrogen and oxygen atoms in total. The number of nitrogens with zero attached hydrogens (tertiary/aromatic N) is 1. The van der Waals surface area contributed by atoms with Crippen LogP contribution in [-0.2, 0) is 19.1 Å². The molecule has 3 unspecified atom stereocenters. The molecule has 0 aromatic heterocycles. The average molecular weight is 251 g/mol. The van der Waals surface area contributed by atoms with E-state index in [-0.39, 0.29) is 47.3 Å². The number of ether oxygens (including phenoxy) is 1. The molecular formula is C8H6NNaO5S. The molecule has 3 aliphatic rings. The second-order valence-electron chi connectivity index (χ2n) is 3.71. The molecule has 3 aliphatic heterocycles. The largest absolute Gasteiger partial charge is 1.00 e. The van der Waals surface area contributed by atoms with E-state index in [1.54, 1.807) is 0 Å². The Kier molecular flexibility index (Phi) is 2.77. The van der Waals surface area contributed by atoms with Gasteiger partial charge in [-0.25, -0.2) is 0 Å². The molecule has 0 aliphatic carbocycles. The summed E-state index contributed by atoms with van der Waals surface area (Å²) in [4.78, 5) is 34.6. The summed E-state index contributed by atoms with van der Waals surface area (Å²) >= 11 is 1.30. The Labute approximate surface area is 117 Å². The van der Waals surface area contributed by atoms with E-state index in [4.69, 9.17) is 4.74 Å². The van der Waals surface area contributed by atoms with Crippen molar-refractivity contribution in [3.63, 3.8) is 0 Å². The fourth-order valence-corrected chi connectivity index (χ4v) is 3.96. The van der Waals surface area contributed by atoms with E-state index in [1.165, 1.54) is 11.8 Å². The molecule has 3 atom stereocenters. The third-order valence-electron chi connectivity index (χ3n) is 2.94. The number of carbonyl (C=O) groups excluding carboxylic acids is 3. The third-order valence-corrected chi connectivity index (χ3v) is 4.44. The minimum atomic E-state index is -1.83. The van der Waals surface area contributed by atoms with E-state index >= 15 is 0 Å². The Balaban J connectivity index is 0.000000963. The Morgan fingerprint density at radius 2 is 2.19 bits per heavy atom. The van der Waals surface area contributed by atoms with Gasteiger partial charge in [-0.2, -0.15) is 0 Å². The van der Waals surface area contributed by atoms with Crippen LogP contribution in [0, 0.1) is 0 Å².